The first-order valence-corrected chi connectivity index (χ1v) is 5.00. The lowest BCUT2D eigenvalue weighted by Crippen LogP contribution is -2.12. The zero-order valence-electron chi connectivity index (χ0n) is 8.85. The molecule has 2 aromatic heterocycles. The fraction of sp³-hybridized carbons (Fsp3) is 0. The number of nitrogens with zero attached hydrogens (tertiary/aromatic N) is 2. The molecule has 0 aliphatic heterocycles. The molecule has 0 radical (unpaired) electrons. The maximum Gasteiger partial charge on any atom is 0.335 e. The topological polar surface area (TPSA) is 87.5 Å². The Morgan fingerprint density at radius 2 is 2.22 bits per heavy atom. The van der Waals surface area contributed by atoms with Gasteiger partial charge in [-0.1, -0.05) is 0 Å². The fourth-order valence-corrected chi connectivity index (χ4v) is 1.85. The number of hydrogen-bond donors (Lipinski definition) is 2. The monoisotopic (exact) mass is 247 g/mol. The van der Waals surface area contributed by atoms with Gasteiger partial charge in [-0.3, -0.25) is 4.79 Å². The average molecular weight is 247 g/mol. The second-order valence-corrected chi connectivity index (χ2v) is 3.74. The van der Waals surface area contributed by atoms with Crippen LogP contribution in [0.3, 0.4) is 0 Å². The maximum absolute atomic E-state index is 13.3. The third kappa shape index (κ3) is 1.30. The Morgan fingerprint density at radius 1 is 1.44 bits per heavy atom. The van der Waals surface area contributed by atoms with Gasteiger partial charge in [-0.25, -0.2) is 13.7 Å². The largest absolute Gasteiger partial charge is 0.478 e. The smallest absolute Gasteiger partial charge is 0.335 e. The van der Waals surface area contributed by atoms with Crippen LogP contribution in [0.15, 0.2) is 29.2 Å². The van der Waals surface area contributed by atoms with Crippen molar-refractivity contribution < 1.29 is 14.3 Å². The van der Waals surface area contributed by atoms with E-state index in [2.05, 4.69) is 10.1 Å². The number of nitrogens with one attached hydrogen (secondary N) is 1. The number of halogens is 1. The highest BCUT2D eigenvalue weighted by Gasteiger charge is 2.12. The van der Waals surface area contributed by atoms with Crippen molar-refractivity contribution in [3.63, 3.8) is 0 Å². The Balaban J connectivity index is 2.50. The number of benzene rings is 1. The highest BCUT2D eigenvalue weighted by molar-refractivity contribution is 5.92. The number of aromatic nitrogens is 3. The Labute approximate surface area is 98.3 Å². The van der Waals surface area contributed by atoms with Gasteiger partial charge in [0.05, 0.1) is 22.8 Å². The molecule has 2 N–H and O–H groups in total. The van der Waals surface area contributed by atoms with Crippen LogP contribution in [0.5, 0.6) is 0 Å². The first-order chi connectivity index (χ1) is 8.58. The van der Waals surface area contributed by atoms with Gasteiger partial charge >= 0.3 is 5.97 Å². The Hall–Kier alpha value is -2.70. The molecule has 0 aliphatic rings. The van der Waals surface area contributed by atoms with Crippen molar-refractivity contribution in [1.29, 1.82) is 0 Å². The molecule has 3 rings (SSSR count). The molecule has 0 aliphatic carbocycles. The third-order valence-electron chi connectivity index (χ3n) is 2.66. The van der Waals surface area contributed by atoms with Gasteiger partial charge in [0.15, 0.2) is 11.3 Å². The molecule has 0 spiro atoms. The van der Waals surface area contributed by atoms with Crippen molar-refractivity contribution in [2.45, 2.75) is 0 Å². The lowest BCUT2D eigenvalue weighted by molar-refractivity contribution is 0.0697. The molecule has 1 aromatic carbocycles. The number of hydrogen-bond acceptors (Lipinski definition) is 3. The van der Waals surface area contributed by atoms with Gasteiger partial charge in [0, 0.05) is 0 Å². The highest BCUT2D eigenvalue weighted by Crippen LogP contribution is 2.15. The molecular weight excluding hydrogens is 241 g/mol. The second-order valence-electron chi connectivity index (χ2n) is 3.74. The minimum atomic E-state index is -1.11. The van der Waals surface area contributed by atoms with E-state index < -0.39 is 17.3 Å². The molecular formula is C11H6FN3O3. The SMILES string of the molecule is O=C(O)c1ccc2c(c1)[nH]c(=O)c1c(F)cnn12. The van der Waals surface area contributed by atoms with Gasteiger partial charge < -0.3 is 10.1 Å². The summed E-state index contributed by atoms with van der Waals surface area (Å²) in [6.07, 6.45) is 0.940. The molecule has 0 saturated carbocycles. The Morgan fingerprint density at radius 3 is 2.94 bits per heavy atom. The van der Waals surface area contributed by atoms with Crippen LogP contribution in [0.25, 0.3) is 16.6 Å². The highest BCUT2D eigenvalue weighted by atomic mass is 19.1. The summed E-state index contributed by atoms with van der Waals surface area (Å²) < 4.78 is 14.5. The number of carbonyl (C=O) groups is 1. The van der Waals surface area contributed by atoms with E-state index in [1.165, 1.54) is 18.2 Å². The average Bonchev–Trinajstić information content (AvgIpc) is 2.71. The number of aromatic amines is 1. The predicted octanol–water partition coefficient (Wildman–Crippen LogP) is 1.01. The number of aromatic carboxylic acids is 1. The summed E-state index contributed by atoms with van der Waals surface area (Å²) in [6, 6.07) is 4.13. The summed E-state index contributed by atoms with van der Waals surface area (Å²) in [5, 5.41) is 12.6. The minimum Gasteiger partial charge on any atom is -0.478 e. The number of fused-ring (bicyclic) bond motifs is 3. The lowest BCUT2D eigenvalue weighted by Gasteiger charge is -2.02. The summed E-state index contributed by atoms with van der Waals surface area (Å²) in [5.74, 6) is -1.83. The van der Waals surface area contributed by atoms with Crippen LogP contribution < -0.4 is 5.56 Å². The second kappa shape index (κ2) is 3.39. The lowest BCUT2D eigenvalue weighted by atomic mass is 10.2. The van der Waals surface area contributed by atoms with Crippen molar-refractivity contribution in [3.8, 4) is 0 Å². The van der Waals surface area contributed by atoms with Crippen LogP contribution in [0, 0.1) is 5.82 Å². The molecule has 0 bridgehead atoms. The standard InChI is InChI=1S/C11H6FN3O3/c12-6-4-13-15-8-2-1-5(11(17)18)3-7(8)14-10(16)9(6)15/h1-4H,(H,14,16)(H,17,18). The first-order valence-electron chi connectivity index (χ1n) is 5.00. The van der Waals surface area contributed by atoms with Gasteiger partial charge in [0.25, 0.3) is 5.56 Å². The van der Waals surface area contributed by atoms with E-state index in [0.29, 0.717) is 5.52 Å². The fourth-order valence-electron chi connectivity index (χ4n) is 1.85. The van der Waals surface area contributed by atoms with Gasteiger partial charge in [-0.2, -0.15) is 5.10 Å². The van der Waals surface area contributed by atoms with E-state index in [4.69, 9.17) is 5.11 Å². The zero-order valence-corrected chi connectivity index (χ0v) is 8.85. The molecule has 0 saturated heterocycles. The van der Waals surface area contributed by atoms with Crippen molar-refractivity contribution in [1.82, 2.24) is 14.6 Å². The quantitative estimate of drug-likeness (QED) is 0.671. The van der Waals surface area contributed by atoms with Crippen LogP contribution in [0.4, 0.5) is 4.39 Å². The molecule has 18 heavy (non-hydrogen) atoms. The van der Waals surface area contributed by atoms with E-state index in [1.54, 1.807) is 0 Å². The van der Waals surface area contributed by atoms with Crippen LogP contribution in [-0.4, -0.2) is 25.7 Å². The summed E-state index contributed by atoms with van der Waals surface area (Å²) >= 11 is 0. The molecule has 90 valence electrons. The molecule has 0 unspecified atom stereocenters. The van der Waals surface area contributed by atoms with E-state index in [1.807, 2.05) is 0 Å². The van der Waals surface area contributed by atoms with Crippen LogP contribution in [-0.2, 0) is 0 Å². The van der Waals surface area contributed by atoms with E-state index in [9.17, 15) is 14.0 Å². The Bertz CT molecular complexity index is 850. The van der Waals surface area contributed by atoms with E-state index >= 15 is 0 Å². The van der Waals surface area contributed by atoms with Crippen molar-refractivity contribution in [2.75, 3.05) is 0 Å². The van der Waals surface area contributed by atoms with Crippen molar-refractivity contribution >= 4 is 22.5 Å². The molecule has 3 aromatic rings. The number of H-pyrrole nitrogens is 1. The summed E-state index contributed by atoms with van der Waals surface area (Å²) in [7, 11) is 0. The zero-order chi connectivity index (χ0) is 12.9. The maximum atomic E-state index is 13.3. The van der Waals surface area contributed by atoms with Crippen LogP contribution >= 0.6 is 0 Å². The summed E-state index contributed by atoms with van der Waals surface area (Å²) in [6.45, 7) is 0. The first kappa shape index (κ1) is 10.5. The number of carboxylic acid groups (broad SMARTS) is 1. The number of rotatable bonds is 1. The van der Waals surface area contributed by atoms with Gasteiger partial charge in [0.1, 0.15) is 0 Å². The van der Waals surface area contributed by atoms with Crippen LogP contribution in [0.2, 0.25) is 0 Å². The van der Waals surface area contributed by atoms with Crippen molar-refractivity contribution in [3.05, 3.63) is 46.1 Å². The third-order valence-corrected chi connectivity index (χ3v) is 2.66. The number of carboxylic acids is 1. The summed E-state index contributed by atoms with van der Waals surface area (Å²) in [5.41, 5.74) is -0.0928. The predicted molar refractivity (Wildman–Crippen MR) is 60.2 cm³/mol. The van der Waals surface area contributed by atoms with Gasteiger partial charge in [-0.05, 0) is 18.2 Å². The minimum absolute atomic E-state index is 0.0325. The summed E-state index contributed by atoms with van der Waals surface area (Å²) in [4.78, 5) is 24.9. The molecule has 0 amide bonds. The Kier molecular flexibility index (Phi) is 1.97. The molecule has 0 fully saturated rings. The molecule has 6 nitrogen and oxygen atoms in total. The molecule has 2 heterocycles. The molecule has 0 atom stereocenters. The van der Waals surface area contributed by atoms with Gasteiger partial charge in [-0.15, -0.1) is 0 Å². The van der Waals surface area contributed by atoms with Crippen molar-refractivity contribution in [2.24, 2.45) is 0 Å². The normalized spacial score (nSPS) is 11.2. The van der Waals surface area contributed by atoms with Crippen LogP contribution in [0.1, 0.15) is 10.4 Å². The van der Waals surface area contributed by atoms with E-state index in [-0.39, 0.29) is 16.6 Å². The molecule has 7 heteroatoms. The van der Waals surface area contributed by atoms with E-state index in [0.717, 1.165) is 10.7 Å². The van der Waals surface area contributed by atoms with Gasteiger partial charge in [0.2, 0.25) is 0 Å².